The summed E-state index contributed by atoms with van der Waals surface area (Å²) in [6.45, 7) is 5.18. The first-order chi connectivity index (χ1) is 15.5. The van der Waals surface area contributed by atoms with Crippen LogP contribution in [-0.2, 0) is 23.9 Å². The molecule has 1 atom stereocenters. The number of amides is 3. The predicted octanol–water partition coefficient (Wildman–Crippen LogP) is 3.24. The van der Waals surface area contributed by atoms with Crippen molar-refractivity contribution in [2.75, 3.05) is 27.2 Å². The summed E-state index contributed by atoms with van der Waals surface area (Å²) in [4.78, 5) is 52.6. The molecule has 33 heavy (non-hydrogen) atoms. The van der Waals surface area contributed by atoms with E-state index in [9.17, 15) is 19.2 Å². The summed E-state index contributed by atoms with van der Waals surface area (Å²) >= 11 is 0. The molecular formula is C24H43N3O6. The van der Waals surface area contributed by atoms with Crippen LogP contribution in [0, 0.1) is 5.92 Å². The monoisotopic (exact) mass is 469 g/mol. The number of unbranched alkanes of at least 4 members (excludes halogenated alkanes) is 2. The molecule has 0 aliphatic heterocycles. The third-order valence-corrected chi connectivity index (χ3v) is 5.94. The van der Waals surface area contributed by atoms with E-state index < -0.39 is 36.1 Å². The van der Waals surface area contributed by atoms with Gasteiger partial charge in [0.1, 0.15) is 5.60 Å². The van der Waals surface area contributed by atoms with E-state index in [0.29, 0.717) is 36.6 Å². The van der Waals surface area contributed by atoms with Gasteiger partial charge in [-0.1, -0.05) is 38.5 Å². The Hall–Kier alpha value is -2.00. The van der Waals surface area contributed by atoms with Crippen LogP contribution in [0.1, 0.15) is 85.0 Å². The van der Waals surface area contributed by atoms with E-state index >= 15 is 0 Å². The minimum Gasteiger partial charge on any atom is -0.469 e. The van der Waals surface area contributed by atoms with Gasteiger partial charge in [0.05, 0.1) is 19.7 Å². The highest BCUT2D eigenvalue weighted by Gasteiger charge is 2.38. The van der Waals surface area contributed by atoms with Crippen LogP contribution in [0.2, 0.25) is 0 Å². The van der Waals surface area contributed by atoms with Gasteiger partial charge in [0.15, 0.2) is 0 Å². The van der Waals surface area contributed by atoms with Crippen molar-refractivity contribution >= 4 is 23.9 Å². The zero-order valence-electron chi connectivity index (χ0n) is 21.1. The Morgan fingerprint density at radius 1 is 1.03 bits per heavy atom. The molecule has 0 heterocycles. The fraction of sp³-hybridized carbons (Fsp3) is 0.833. The first kappa shape index (κ1) is 29.0. The second kappa shape index (κ2) is 14.3. The fourth-order valence-electron chi connectivity index (χ4n) is 4.14. The quantitative estimate of drug-likeness (QED) is 0.362. The molecule has 0 bridgehead atoms. The molecule has 1 fully saturated rings. The molecule has 1 aliphatic carbocycles. The van der Waals surface area contributed by atoms with Gasteiger partial charge in [-0.3, -0.25) is 19.3 Å². The number of hydrogen-bond acceptors (Lipinski definition) is 8. The van der Waals surface area contributed by atoms with E-state index in [1.165, 1.54) is 13.5 Å². The lowest BCUT2D eigenvalue weighted by molar-refractivity contribution is -0.146. The minimum absolute atomic E-state index is 0.234. The van der Waals surface area contributed by atoms with Gasteiger partial charge >= 0.3 is 12.1 Å². The molecule has 9 heteroatoms. The van der Waals surface area contributed by atoms with Gasteiger partial charge in [0.25, 0.3) is 11.8 Å². The Kier molecular flexibility index (Phi) is 12.6. The van der Waals surface area contributed by atoms with Crippen LogP contribution < -0.4 is 5.73 Å². The number of nitrogens with zero attached hydrogens (tertiary/aromatic N) is 2. The van der Waals surface area contributed by atoms with Crippen LogP contribution in [0.15, 0.2) is 0 Å². The number of esters is 1. The normalized spacial score (nSPS) is 15.7. The molecule has 0 saturated heterocycles. The summed E-state index contributed by atoms with van der Waals surface area (Å²) < 4.78 is 10.0. The minimum atomic E-state index is -0.983. The smallest absolute Gasteiger partial charge is 0.424 e. The lowest BCUT2D eigenvalue weighted by atomic mass is 9.84. The number of ether oxygens (including phenoxy) is 2. The van der Waals surface area contributed by atoms with Crippen molar-refractivity contribution in [2.45, 2.75) is 96.6 Å². The van der Waals surface area contributed by atoms with Gasteiger partial charge in [0, 0.05) is 6.42 Å². The van der Waals surface area contributed by atoms with E-state index in [0.717, 1.165) is 38.5 Å². The molecule has 0 spiro atoms. The number of likely N-dealkylation sites (N-methyl/N-ethyl adjacent to an activating group) is 1. The highest BCUT2D eigenvalue weighted by Crippen LogP contribution is 2.29. The summed E-state index contributed by atoms with van der Waals surface area (Å²) in [7, 11) is 3.21. The lowest BCUT2D eigenvalue weighted by Crippen LogP contribution is -2.55. The molecule has 0 radical (unpaired) electrons. The van der Waals surface area contributed by atoms with Crippen LogP contribution in [0.4, 0.5) is 4.79 Å². The zero-order valence-corrected chi connectivity index (χ0v) is 21.1. The zero-order chi connectivity index (χ0) is 25.0. The van der Waals surface area contributed by atoms with Gasteiger partial charge < -0.3 is 15.2 Å². The first-order valence-corrected chi connectivity index (χ1v) is 12.1. The molecule has 1 rings (SSSR count). The van der Waals surface area contributed by atoms with Crippen LogP contribution in [-0.4, -0.2) is 72.6 Å². The molecule has 1 saturated carbocycles. The van der Waals surface area contributed by atoms with Gasteiger partial charge in [-0.15, -0.1) is 0 Å². The molecule has 0 aromatic heterocycles. The second-order valence-corrected chi connectivity index (χ2v) is 9.87. The van der Waals surface area contributed by atoms with Crippen molar-refractivity contribution in [1.82, 2.24) is 9.80 Å². The van der Waals surface area contributed by atoms with Crippen LogP contribution in [0.3, 0.4) is 0 Å². The number of carbonyl (C=O) groups excluding carboxylic acids is 4. The van der Waals surface area contributed by atoms with E-state index in [-0.39, 0.29) is 5.97 Å². The number of methoxy groups -OCH3 is 1. The average molecular weight is 470 g/mol. The maximum Gasteiger partial charge on any atom is 0.424 e. The number of hydrogen-bond donors (Lipinski definition) is 1. The molecule has 190 valence electrons. The largest absolute Gasteiger partial charge is 0.469 e. The summed E-state index contributed by atoms with van der Waals surface area (Å²) in [5, 5.41) is 0. The van der Waals surface area contributed by atoms with Crippen molar-refractivity contribution in [3.8, 4) is 0 Å². The van der Waals surface area contributed by atoms with E-state index in [1.54, 1.807) is 20.8 Å². The fourth-order valence-corrected chi connectivity index (χ4v) is 4.14. The molecule has 0 aromatic rings. The van der Waals surface area contributed by atoms with Gasteiger partial charge in [-0.25, -0.2) is 4.79 Å². The topological polar surface area (TPSA) is 119 Å². The van der Waals surface area contributed by atoms with E-state index in [4.69, 9.17) is 10.5 Å². The summed E-state index contributed by atoms with van der Waals surface area (Å²) in [5.74, 6) is -1.22. The van der Waals surface area contributed by atoms with Crippen molar-refractivity contribution < 1.29 is 28.7 Å². The van der Waals surface area contributed by atoms with E-state index in [2.05, 4.69) is 4.74 Å². The Morgan fingerprint density at radius 2 is 1.67 bits per heavy atom. The Balaban J connectivity index is 2.95. The maximum atomic E-state index is 13.5. The molecule has 1 aliphatic rings. The predicted molar refractivity (Wildman–Crippen MR) is 125 cm³/mol. The molecule has 2 N–H and O–H groups in total. The van der Waals surface area contributed by atoms with Crippen molar-refractivity contribution in [3.05, 3.63) is 0 Å². The summed E-state index contributed by atoms with van der Waals surface area (Å²) in [6, 6.07) is -0.628. The number of nitrogens with two attached hydrogens (primary N) is 1. The van der Waals surface area contributed by atoms with E-state index in [1.807, 2.05) is 11.9 Å². The van der Waals surface area contributed by atoms with Crippen LogP contribution in [0.25, 0.3) is 0 Å². The van der Waals surface area contributed by atoms with Gasteiger partial charge in [-0.2, -0.15) is 4.90 Å². The van der Waals surface area contributed by atoms with Crippen molar-refractivity contribution in [1.29, 1.82) is 0 Å². The van der Waals surface area contributed by atoms with Crippen molar-refractivity contribution in [2.24, 2.45) is 11.7 Å². The lowest BCUT2D eigenvalue weighted by Gasteiger charge is -2.34. The molecule has 0 aromatic carbocycles. The maximum absolute atomic E-state index is 13.5. The molecular weight excluding hydrogens is 426 g/mol. The number of rotatable bonds is 11. The Morgan fingerprint density at radius 3 is 2.21 bits per heavy atom. The summed E-state index contributed by atoms with van der Waals surface area (Å²) in [5.41, 5.74) is 4.67. The van der Waals surface area contributed by atoms with Gasteiger partial charge in [-0.05, 0) is 59.5 Å². The SMILES string of the molecule is COC(=O)CCCCCN(C)[C@@H](CC1CCCCC1)C(=O)N(C(=O)CN)C(=O)OC(C)(C)C. The number of carbonyl (C=O) groups is 4. The number of imide groups is 3. The van der Waals surface area contributed by atoms with Gasteiger partial charge in [0.2, 0.25) is 0 Å². The van der Waals surface area contributed by atoms with Crippen LogP contribution >= 0.6 is 0 Å². The highest BCUT2D eigenvalue weighted by molar-refractivity contribution is 6.10. The Labute approximate surface area is 198 Å². The second-order valence-electron chi connectivity index (χ2n) is 9.87. The molecule has 3 amide bonds. The molecule has 0 unspecified atom stereocenters. The average Bonchev–Trinajstić information content (AvgIpc) is 2.76. The first-order valence-electron chi connectivity index (χ1n) is 12.1. The third-order valence-electron chi connectivity index (χ3n) is 5.94. The van der Waals surface area contributed by atoms with Crippen molar-refractivity contribution in [3.63, 3.8) is 0 Å². The Bertz CT molecular complexity index is 655. The molecule has 9 nitrogen and oxygen atoms in total. The standard InChI is InChI=1S/C24H43N3O6/c1-24(2,3)33-23(31)27(20(28)17-25)22(30)19(16-18-12-8-6-9-13-18)26(4)15-11-7-10-14-21(29)32-5/h18-19H,6-17,25H2,1-5H3/t19-/m0/s1. The summed E-state index contributed by atoms with van der Waals surface area (Å²) in [6.07, 6.45) is 7.76. The highest BCUT2D eigenvalue weighted by atomic mass is 16.6. The van der Waals surface area contributed by atoms with Crippen LogP contribution in [0.5, 0.6) is 0 Å². The third kappa shape index (κ3) is 10.6.